The molecule has 5 rings (SSSR count). The van der Waals surface area contributed by atoms with Crippen molar-refractivity contribution < 1.29 is 19.1 Å². The zero-order valence-corrected chi connectivity index (χ0v) is 22.5. The molecule has 0 aliphatic carbocycles. The molecule has 1 aliphatic rings. The van der Waals surface area contributed by atoms with Crippen molar-refractivity contribution in [2.75, 3.05) is 24.3 Å². The van der Waals surface area contributed by atoms with E-state index in [1.165, 1.54) is 24.4 Å². The number of carbonyl (C=O) groups is 2. The van der Waals surface area contributed by atoms with Gasteiger partial charge in [0.25, 0.3) is 0 Å². The van der Waals surface area contributed by atoms with Gasteiger partial charge in [-0.2, -0.15) is 0 Å². The van der Waals surface area contributed by atoms with Gasteiger partial charge in [0.05, 0.1) is 29.0 Å². The number of fused-ring (bicyclic) bond motifs is 1. The number of hydrogen-bond acceptors (Lipinski definition) is 8. The first-order valence-electron chi connectivity index (χ1n) is 12.6. The lowest BCUT2D eigenvalue weighted by Gasteiger charge is -2.23. The van der Waals surface area contributed by atoms with Crippen LogP contribution < -0.4 is 20.1 Å². The van der Waals surface area contributed by atoms with E-state index in [-0.39, 0.29) is 11.8 Å². The Labute approximate surface area is 236 Å². The summed E-state index contributed by atoms with van der Waals surface area (Å²) < 4.78 is 11.3. The Bertz CT molecular complexity index is 1570. The van der Waals surface area contributed by atoms with E-state index in [1.807, 2.05) is 24.3 Å². The van der Waals surface area contributed by atoms with E-state index >= 15 is 0 Å². The molecule has 4 aromatic rings. The van der Waals surface area contributed by atoms with Gasteiger partial charge >= 0.3 is 0 Å². The number of pyridine rings is 1. The summed E-state index contributed by atoms with van der Waals surface area (Å²) in [7, 11) is 1.51. The minimum atomic E-state index is -0.587. The minimum absolute atomic E-state index is 0.269. The van der Waals surface area contributed by atoms with Crippen LogP contribution in [0.2, 0.25) is 5.02 Å². The average Bonchev–Trinajstić information content (AvgIpc) is 3.47. The molecule has 2 amide bonds. The van der Waals surface area contributed by atoms with Crippen LogP contribution in [0, 0.1) is 0 Å². The van der Waals surface area contributed by atoms with E-state index < -0.39 is 6.04 Å². The van der Waals surface area contributed by atoms with Crippen molar-refractivity contribution in [1.29, 1.82) is 0 Å². The van der Waals surface area contributed by atoms with Gasteiger partial charge in [-0.1, -0.05) is 24.2 Å². The van der Waals surface area contributed by atoms with Crippen LogP contribution in [-0.4, -0.2) is 51.4 Å². The highest BCUT2D eigenvalue weighted by Gasteiger charge is 2.33. The van der Waals surface area contributed by atoms with Gasteiger partial charge in [0, 0.05) is 29.9 Å². The van der Waals surface area contributed by atoms with Crippen LogP contribution in [0.4, 0.5) is 17.2 Å². The maximum atomic E-state index is 13.2. The molecule has 1 unspecified atom stereocenters. The van der Waals surface area contributed by atoms with Crippen molar-refractivity contribution in [3.8, 4) is 11.5 Å². The Hall–Kier alpha value is -4.70. The molecule has 0 spiro atoms. The van der Waals surface area contributed by atoms with Crippen LogP contribution in [0.25, 0.3) is 10.9 Å². The number of anilines is 3. The standard InChI is InChI=1S/C29H27ClN6O4/c1-3-27(37)36-12-6-8-24(36)29(38)35-23-14-20-22(15-26(23)39-2)32-17-33-28(20)34-18-9-10-25(21(30)13-18)40-16-19-7-4-5-11-31-19/h3-5,7,9-11,13-15,17,24H,1,6,8,12,16H2,2H3,(H,35,38)(H,32,33,34). The van der Waals surface area contributed by atoms with Gasteiger partial charge < -0.3 is 25.0 Å². The van der Waals surface area contributed by atoms with E-state index in [2.05, 4.69) is 32.2 Å². The molecule has 3 heterocycles. The number of amides is 2. The Morgan fingerprint density at radius 3 is 2.77 bits per heavy atom. The zero-order chi connectivity index (χ0) is 28.1. The average molecular weight is 559 g/mol. The van der Waals surface area contributed by atoms with Gasteiger partial charge in [-0.25, -0.2) is 9.97 Å². The van der Waals surface area contributed by atoms with Crippen molar-refractivity contribution in [2.45, 2.75) is 25.5 Å². The van der Waals surface area contributed by atoms with E-state index in [0.29, 0.717) is 64.2 Å². The summed E-state index contributed by atoms with van der Waals surface area (Å²) in [5.41, 5.74) is 2.52. The first-order chi connectivity index (χ1) is 19.5. The first-order valence-corrected chi connectivity index (χ1v) is 13.0. The molecular weight excluding hydrogens is 532 g/mol. The van der Waals surface area contributed by atoms with Crippen molar-refractivity contribution in [2.24, 2.45) is 0 Å². The topological polar surface area (TPSA) is 119 Å². The molecule has 40 heavy (non-hydrogen) atoms. The smallest absolute Gasteiger partial charge is 0.247 e. The Morgan fingerprint density at radius 2 is 2.02 bits per heavy atom. The first kappa shape index (κ1) is 26.9. The summed E-state index contributed by atoms with van der Waals surface area (Å²) in [6.07, 6.45) is 5.68. The van der Waals surface area contributed by atoms with E-state index in [0.717, 1.165) is 12.1 Å². The summed E-state index contributed by atoms with van der Waals surface area (Å²) in [5, 5.41) is 7.26. The number of benzene rings is 2. The van der Waals surface area contributed by atoms with Gasteiger partial charge in [0.2, 0.25) is 11.8 Å². The van der Waals surface area contributed by atoms with Crippen molar-refractivity contribution >= 4 is 51.5 Å². The van der Waals surface area contributed by atoms with Crippen LogP contribution in [-0.2, 0) is 16.2 Å². The highest BCUT2D eigenvalue weighted by Crippen LogP contribution is 2.35. The third kappa shape index (κ3) is 5.81. The molecule has 0 bridgehead atoms. The summed E-state index contributed by atoms with van der Waals surface area (Å²) in [4.78, 5) is 39.9. The number of halogens is 1. The molecule has 1 aliphatic heterocycles. The normalized spacial score (nSPS) is 14.6. The van der Waals surface area contributed by atoms with E-state index in [4.69, 9.17) is 21.1 Å². The number of aromatic nitrogens is 3. The maximum Gasteiger partial charge on any atom is 0.247 e. The SMILES string of the molecule is C=CC(=O)N1CCCC1C(=O)Nc1cc2c(Nc3ccc(OCc4ccccn4)c(Cl)c3)ncnc2cc1OC. The van der Waals surface area contributed by atoms with E-state index in [9.17, 15) is 9.59 Å². The monoisotopic (exact) mass is 558 g/mol. The molecule has 204 valence electrons. The molecule has 2 aromatic heterocycles. The van der Waals surface area contributed by atoms with Crippen molar-refractivity contribution in [3.63, 3.8) is 0 Å². The van der Waals surface area contributed by atoms with Crippen LogP contribution >= 0.6 is 11.6 Å². The molecule has 10 nitrogen and oxygen atoms in total. The van der Waals surface area contributed by atoms with Crippen molar-refractivity contribution in [3.05, 3.63) is 84.4 Å². The van der Waals surface area contributed by atoms with Gasteiger partial charge in [0.1, 0.15) is 36.3 Å². The van der Waals surface area contributed by atoms with Crippen LogP contribution in [0.5, 0.6) is 11.5 Å². The molecule has 1 fully saturated rings. The summed E-state index contributed by atoms with van der Waals surface area (Å²) in [6.45, 7) is 4.34. The van der Waals surface area contributed by atoms with Gasteiger partial charge in [0.15, 0.2) is 0 Å². The molecule has 1 atom stereocenters. The molecule has 2 N–H and O–H groups in total. The number of methoxy groups -OCH3 is 1. The van der Waals surface area contributed by atoms with Crippen LogP contribution in [0.1, 0.15) is 18.5 Å². The van der Waals surface area contributed by atoms with Crippen molar-refractivity contribution in [1.82, 2.24) is 19.9 Å². The lowest BCUT2D eigenvalue weighted by Crippen LogP contribution is -2.42. The second-order valence-corrected chi connectivity index (χ2v) is 9.46. The molecule has 11 heteroatoms. The lowest BCUT2D eigenvalue weighted by molar-refractivity contribution is -0.132. The van der Waals surface area contributed by atoms with Crippen LogP contribution in [0.3, 0.4) is 0 Å². The number of carbonyl (C=O) groups excluding carboxylic acids is 2. The fourth-order valence-electron chi connectivity index (χ4n) is 4.55. The van der Waals surface area contributed by atoms with Crippen LogP contribution in [0.15, 0.2) is 73.7 Å². The number of ether oxygens (including phenoxy) is 2. The Morgan fingerprint density at radius 1 is 1.15 bits per heavy atom. The second-order valence-electron chi connectivity index (χ2n) is 9.05. The van der Waals surface area contributed by atoms with E-state index in [1.54, 1.807) is 30.5 Å². The number of hydrogen-bond donors (Lipinski definition) is 2. The fourth-order valence-corrected chi connectivity index (χ4v) is 4.79. The van der Waals surface area contributed by atoms with Gasteiger partial charge in [-0.05, 0) is 55.3 Å². The second kappa shape index (κ2) is 12.0. The predicted molar refractivity (Wildman–Crippen MR) is 153 cm³/mol. The molecule has 1 saturated heterocycles. The number of likely N-dealkylation sites (tertiary alicyclic amines) is 1. The Kier molecular flexibility index (Phi) is 8.07. The molecular formula is C29H27ClN6O4. The molecule has 0 saturated carbocycles. The number of nitrogens with one attached hydrogen (secondary N) is 2. The zero-order valence-electron chi connectivity index (χ0n) is 21.8. The highest BCUT2D eigenvalue weighted by atomic mass is 35.5. The Balaban J connectivity index is 1.37. The minimum Gasteiger partial charge on any atom is -0.494 e. The predicted octanol–water partition coefficient (Wildman–Crippen LogP) is 5.12. The highest BCUT2D eigenvalue weighted by molar-refractivity contribution is 6.32. The molecule has 0 radical (unpaired) electrons. The fraction of sp³-hybridized carbons (Fsp3) is 0.207. The molecule has 2 aromatic carbocycles. The third-order valence-corrected chi connectivity index (χ3v) is 6.82. The van der Waals surface area contributed by atoms with Gasteiger partial charge in [-0.3, -0.25) is 14.6 Å². The summed E-state index contributed by atoms with van der Waals surface area (Å²) in [5.74, 6) is 0.892. The number of nitrogens with zero attached hydrogens (tertiary/aromatic N) is 4. The quantitative estimate of drug-likeness (QED) is 0.272. The third-order valence-electron chi connectivity index (χ3n) is 6.52. The summed E-state index contributed by atoms with van der Waals surface area (Å²) in [6, 6.07) is 13.8. The summed E-state index contributed by atoms with van der Waals surface area (Å²) >= 11 is 6.49. The van der Waals surface area contributed by atoms with Gasteiger partial charge in [-0.15, -0.1) is 0 Å². The lowest BCUT2D eigenvalue weighted by atomic mass is 10.1. The largest absolute Gasteiger partial charge is 0.494 e. The maximum absolute atomic E-state index is 13.2. The number of rotatable bonds is 9.